The molecule has 0 N–H and O–H groups in total. The van der Waals surface area contributed by atoms with Gasteiger partial charge in [-0.25, -0.2) is 0 Å². The molecule has 0 atom stereocenters. The van der Waals surface area contributed by atoms with Gasteiger partial charge in [-0.1, -0.05) is 16.8 Å². The summed E-state index contributed by atoms with van der Waals surface area (Å²) in [6.07, 6.45) is 6.70. The third-order valence-electron chi connectivity index (χ3n) is 2.14. The highest BCUT2D eigenvalue weighted by Gasteiger charge is 2.10. The van der Waals surface area contributed by atoms with Crippen LogP contribution in [0.4, 0.5) is 0 Å². The number of hydrogen-bond acceptors (Lipinski definition) is 3. The van der Waals surface area contributed by atoms with Gasteiger partial charge in [0.1, 0.15) is 5.88 Å². The molecule has 0 spiro atoms. The molecule has 1 aliphatic carbocycles. The van der Waals surface area contributed by atoms with Crippen LogP contribution in [0.2, 0.25) is 0 Å². The molecule has 0 amide bonds. The van der Waals surface area contributed by atoms with Crippen molar-refractivity contribution in [3.05, 3.63) is 23.4 Å². The summed E-state index contributed by atoms with van der Waals surface area (Å²) in [5, 5.41) is 3.84. The maximum atomic E-state index is 5.55. The smallest absolute Gasteiger partial charge is 0.241 e. The number of aromatic nitrogens is 2. The fourth-order valence-electron chi connectivity index (χ4n) is 1.52. The molecule has 1 aromatic rings. The van der Waals surface area contributed by atoms with Gasteiger partial charge < -0.3 is 4.52 Å². The van der Waals surface area contributed by atoms with Gasteiger partial charge in [-0.2, -0.15) is 4.98 Å². The lowest BCUT2D eigenvalue weighted by atomic mass is 10.1. The molecular formula is C9H11ClN2O. The minimum absolute atomic E-state index is 0.298. The lowest BCUT2D eigenvalue weighted by molar-refractivity contribution is 0.385. The summed E-state index contributed by atoms with van der Waals surface area (Å²) in [6.45, 7) is 0. The summed E-state index contributed by atoms with van der Waals surface area (Å²) in [7, 11) is 0. The van der Waals surface area contributed by atoms with Crippen molar-refractivity contribution in [2.75, 3.05) is 0 Å². The first kappa shape index (κ1) is 8.75. The molecule has 0 unspecified atom stereocenters. The molecule has 0 aromatic carbocycles. The van der Waals surface area contributed by atoms with Crippen LogP contribution in [-0.4, -0.2) is 10.1 Å². The molecular weight excluding hydrogens is 188 g/mol. The largest absolute Gasteiger partial charge is 0.338 e. The predicted molar refractivity (Wildman–Crippen MR) is 49.5 cm³/mol. The maximum Gasteiger partial charge on any atom is 0.241 e. The SMILES string of the molecule is ClCc1nc(CC2=CCCC2)no1. The molecule has 0 aliphatic heterocycles. The second kappa shape index (κ2) is 3.92. The van der Waals surface area contributed by atoms with Gasteiger partial charge in [0, 0.05) is 6.42 Å². The Morgan fingerprint density at radius 1 is 1.54 bits per heavy atom. The quantitative estimate of drug-likeness (QED) is 0.553. The summed E-state index contributed by atoms with van der Waals surface area (Å²) in [6, 6.07) is 0. The van der Waals surface area contributed by atoms with E-state index in [1.54, 1.807) is 0 Å². The van der Waals surface area contributed by atoms with Crippen LogP contribution >= 0.6 is 11.6 Å². The van der Waals surface area contributed by atoms with E-state index < -0.39 is 0 Å². The van der Waals surface area contributed by atoms with Gasteiger partial charge in [-0.15, -0.1) is 11.6 Å². The Kier molecular flexibility index (Phi) is 2.64. The van der Waals surface area contributed by atoms with Gasteiger partial charge in [0.25, 0.3) is 0 Å². The van der Waals surface area contributed by atoms with Crippen molar-refractivity contribution in [2.45, 2.75) is 31.6 Å². The van der Waals surface area contributed by atoms with Crippen LogP contribution in [0.5, 0.6) is 0 Å². The molecule has 1 heterocycles. The number of allylic oxidation sites excluding steroid dienone is 2. The Balaban J connectivity index is 2.00. The summed E-state index contributed by atoms with van der Waals surface area (Å²) < 4.78 is 4.90. The third kappa shape index (κ3) is 2.10. The highest BCUT2D eigenvalue weighted by Crippen LogP contribution is 2.20. The standard InChI is InChI=1S/C9H11ClN2O/c10-6-9-11-8(12-13-9)5-7-3-1-2-4-7/h3H,1-2,4-6H2. The molecule has 0 saturated heterocycles. The first-order chi connectivity index (χ1) is 6.38. The van der Waals surface area contributed by atoms with E-state index in [0.717, 1.165) is 12.2 Å². The van der Waals surface area contributed by atoms with E-state index in [2.05, 4.69) is 16.2 Å². The number of nitrogens with zero attached hydrogens (tertiary/aromatic N) is 2. The Morgan fingerprint density at radius 3 is 3.08 bits per heavy atom. The van der Waals surface area contributed by atoms with Crippen LogP contribution in [0.25, 0.3) is 0 Å². The molecule has 0 saturated carbocycles. The zero-order chi connectivity index (χ0) is 9.10. The highest BCUT2D eigenvalue weighted by atomic mass is 35.5. The molecule has 70 valence electrons. The molecule has 3 nitrogen and oxygen atoms in total. The van der Waals surface area contributed by atoms with Gasteiger partial charge in [0.2, 0.25) is 5.89 Å². The zero-order valence-corrected chi connectivity index (χ0v) is 8.05. The third-order valence-corrected chi connectivity index (χ3v) is 2.37. The second-order valence-electron chi connectivity index (χ2n) is 3.17. The van der Waals surface area contributed by atoms with Crippen LogP contribution in [0.3, 0.4) is 0 Å². The first-order valence-corrected chi connectivity index (χ1v) is 4.97. The van der Waals surface area contributed by atoms with Crippen molar-refractivity contribution >= 4 is 11.6 Å². The van der Waals surface area contributed by atoms with Gasteiger partial charge in [0.15, 0.2) is 5.82 Å². The van der Waals surface area contributed by atoms with E-state index in [0.29, 0.717) is 11.8 Å². The molecule has 0 bridgehead atoms. The van der Waals surface area contributed by atoms with Crippen LogP contribution in [0.15, 0.2) is 16.2 Å². The minimum Gasteiger partial charge on any atom is -0.338 e. The molecule has 0 radical (unpaired) electrons. The maximum absolute atomic E-state index is 5.55. The summed E-state index contributed by atoms with van der Waals surface area (Å²) >= 11 is 5.55. The minimum atomic E-state index is 0.298. The Labute approximate surface area is 81.8 Å². The topological polar surface area (TPSA) is 38.9 Å². The van der Waals surface area contributed by atoms with Crippen LogP contribution in [0.1, 0.15) is 31.0 Å². The van der Waals surface area contributed by atoms with Crippen LogP contribution in [0, 0.1) is 0 Å². The lowest BCUT2D eigenvalue weighted by Gasteiger charge is -1.93. The monoisotopic (exact) mass is 198 g/mol. The second-order valence-corrected chi connectivity index (χ2v) is 3.44. The van der Waals surface area contributed by atoms with E-state index in [1.165, 1.54) is 24.8 Å². The van der Waals surface area contributed by atoms with Gasteiger partial charge in [-0.05, 0) is 19.3 Å². The van der Waals surface area contributed by atoms with E-state index in [-0.39, 0.29) is 0 Å². The van der Waals surface area contributed by atoms with Crippen LogP contribution in [-0.2, 0) is 12.3 Å². The van der Waals surface area contributed by atoms with Crippen molar-refractivity contribution in [1.82, 2.24) is 10.1 Å². The lowest BCUT2D eigenvalue weighted by Crippen LogP contribution is -1.90. The van der Waals surface area contributed by atoms with Crippen molar-refractivity contribution in [2.24, 2.45) is 0 Å². The molecule has 1 aliphatic rings. The zero-order valence-electron chi connectivity index (χ0n) is 7.29. The summed E-state index contributed by atoms with van der Waals surface area (Å²) in [5.41, 5.74) is 1.42. The molecule has 4 heteroatoms. The molecule has 2 rings (SSSR count). The van der Waals surface area contributed by atoms with Gasteiger partial charge in [0.05, 0.1) is 0 Å². The van der Waals surface area contributed by atoms with E-state index >= 15 is 0 Å². The normalized spacial score (nSPS) is 16.2. The molecule has 1 aromatic heterocycles. The highest BCUT2D eigenvalue weighted by molar-refractivity contribution is 6.16. The Bertz CT molecular complexity index is 319. The average molecular weight is 199 g/mol. The number of hydrogen-bond donors (Lipinski definition) is 0. The first-order valence-electron chi connectivity index (χ1n) is 4.44. The number of rotatable bonds is 3. The van der Waals surface area contributed by atoms with Crippen molar-refractivity contribution in [3.8, 4) is 0 Å². The Hall–Kier alpha value is -0.830. The summed E-state index contributed by atoms with van der Waals surface area (Å²) in [4.78, 5) is 4.14. The van der Waals surface area contributed by atoms with Crippen LogP contribution < -0.4 is 0 Å². The van der Waals surface area contributed by atoms with Crippen molar-refractivity contribution in [3.63, 3.8) is 0 Å². The average Bonchev–Trinajstić information content (AvgIpc) is 2.76. The summed E-state index contributed by atoms with van der Waals surface area (Å²) in [5.74, 6) is 1.56. The molecule has 13 heavy (non-hydrogen) atoms. The van der Waals surface area contributed by atoms with Crippen molar-refractivity contribution < 1.29 is 4.52 Å². The fourth-order valence-corrected chi connectivity index (χ4v) is 1.63. The van der Waals surface area contributed by atoms with Crippen molar-refractivity contribution in [1.29, 1.82) is 0 Å². The van der Waals surface area contributed by atoms with Gasteiger partial charge in [-0.3, -0.25) is 0 Å². The predicted octanol–water partition coefficient (Wildman–Crippen LogP) is 2.46. The Morgan fingerprint density at radius 2 is 2.46 bits per heavy atom. The number of alkyl halides is 1. The van der Waals surface area contributed by atoms with E-state index in [9.17, 15) is 0 Å². The van der Waals surface area contributed by atoms with E-state index in [4.69, 9.17) is 16.1 Å². The fraction of sp³-hybridized carbons (Fsp3) is 0.556. The molecule has 0 fully saturated rings. The van der Waals surface area contributed by atoms with E-state index in [1.807, 2.05) is 0 Å². The number of halogens is 1. The van der Waals surface area contributed by atoms with Gasteiger partial charge >= 0.3 is 0 Å².